The van der Waals surface area contributed by atoms with Gasteiger partial charge in [-0.25, -0.2) is 0 Å². The molecule has 4 aromatic heterocycles. The van der Waals surface area contributed by atoms with Gasteiger partial charge in [0.2, 0.25) is 0 Å². The van der Waals surface area contributed by atoms with E-state index in [2.05, 4.69) is 95.8 Å². The number of nitriles is 2. The largest absolute Gasteiger partial charge is 0.456 e. The molecule has 0 aliphatic carbocycles. The third kappa shape index (κ3) is 3.79. The van der Waals surface area contributed by atoms with Gasteiger partial charge in [0.25, 0.3) is 0 Å². The summed E-state index contributed by atoms with van der Waals surface area (Å²) in [6, 6.07) is 48.1. The normalized spacial score (nSPS) is 12.1. The van der Waals surface area contributed by atoms with E-state index in [1.54, 1.807) is 6.07 Å². The summed E-state index contributed by atoms with van der Waals surface area (Å²) in [7, 11) is 0. The van der Waals surface area contributed by atoms with E-state index in [1.807, 2.05) is 60.7 Å². The molecule has 0 unspecified atom stereocenters. The Labute approximate surface area is 302 Å². The van der Waals surface area contributed by atoms with Crippen LogP contribution in [0.1, 0.15) is 36.5 Å². The number of aromatic nitrogens is 2. The number of hydrogen-bond donors (Lipinski definition) is 0. The predicted molar refractivity (Wildman–Crippen MR) is 213 cm³/mol. The van der Waals surface area contributed by atoms with Crippen molar-refractivity contribution in [1.29, 1.82) is 10.5 Å². The zero-order valence-corrected chi connectivity index (χ0v) is 28.8. The summed E-state index contributed by atoms with van der Waals surface area (Å²) in [4.78, 5) is 0. The van der Waals surface area contributed by atoms with Crippen LogP contribution in [-0.4, -0.2) is 9.13 Å². The molecular formula is C47H28N4O2. The molecule has 6 nitrogen and oxygen atoms in total. The van der Waals surface area contributed by atoms with Crippen molar-refractivity contribution in [3.05, 3.63) is 144 Å². The van der Waals surface area contributed by atoms with E-state index in [1.165, 1.54) is 0 Å². The minimum Gasteiger partial charge on any atom is -0.456 e. The quantitative estimate of drug-likeness (QED) is 0.186. The lowest BCUT2D eigenvalue weighted by Gasteiger charge is -2.24. The van der Waals surface area contributed by atoms with E-state index in [4.69, 9.17) is 8.83 Å². The van der Waals surface area contributed by atoms with Crippen LogP contribution in [0, 0.1) is 22.7 Å². The number of fused-ring (bicyclic) bond motifs is 14. The summed E-state index contributed by atoms with van der Waals surface area (Å²) >= 11 is 0. The van der Waals surface area contributed by atoms with Crippen LogP contribution >= 0.6 is 0 Å². The fraction of sp³-hybridized carbons (Fsp3) is 0.0638. The maximum Gasteiger partial charge on any atom is 0.136 e. The SMILES string of the molecule is CC(C)c1c(-n2c3ccccc3c3c4c(ccc32)oc2ccccc24)c(C#N)cc(C#N)c1-n1c2ccccc2c2c3c(ccc21)oc1ccccc13. The molecule has 0 spiro atoms. The summed E-state index contributed by atoms with van der Waals surface area (Å²) in [6.45, 7) is 4.30. The van der Waals surface area contributed by atoms with E-state index < -0.39 is 0 Å². The van der Waals surface area contributed by atoms with Crippen LogP contribution in [0.3, 0.4) is 0 Å². The smallest absolute Gasteiger partial charge is 0.136 e. The minimum atomic E-state index is -0.0789. The molecule has 6 heteroatoms. The average Bonchev–Trinajstić information content (AvgIpc) is 3.94. The monoisotopic (exact) mass is 680 g/mol. The van der Waals surface area contributed by atoms with E-state index in [9.17, 15) is 10.5 Å². The molecule has 0 bridgehead atoms. The maximum atomic E-state index is 10.9. The molecule has 0 aliphatic rings. The second kappa shape index (κ2) is 10.6. The average molecular weight is 681 g/mol. The van der Waals surface area contributed by atoms with Gasteiger partial charge in [-0.05, 0) is 60.5 Å². The first kappa shape index (κ1) is 29.5. The summed E-state index contributed by atoms with van der Waals surface area (Å²) in [6.07, 6.45) is 0. The molecule has 248 valence electrons. The Morgan fingerprint density at radius 2 is 0.868 bits per heavy atom. The van der Waals surface area contributed by atoms with Gasteiger partial charge in [0.1, 0.15) is 34.5 Å². The van der Waals surface area contributed by atoms with Gasteiger partial charge in [0, 0.05) is 48.7 Å². The number of rotatable bonds is 3. The molecule has 0 aliphatic heterocycles. The number of nitrogens with zero attached hydrogens (tertiary/aromatic N) is 4. The van der Waals surface area contributed by atoms with Crippen LogP contribution in [0.25, 0.3) is 98.9 Å². The lowest BCUT2D eigenvalue weighted by Crippen LogP contribution is -2.12. The molecule has 0 fully saturated rings. The highest BCUT2D eigenvalue weighted by Gasteiger charge is 2.29. The lowest BCUT2D eigenvalue weighted by molar-refractivity contribution is 0.669. The molecule has 11 rings (SSSR count). The second-order valence-corrected chi connectivity index (χ2v) is 14.0. The Balaban J connectivity index is 1.35. The molecule has 53 heavy (non-hydrogen) atoms. The van der Waals surface area contributed by atoms with Crippen molar-refractivity contribution >= 4 is 87.5 Å². The van der Waals surface area contributed by atoms with Crippen LogP contribution in [0.2, 0.25) is 0 Å². The Hall–Kier alpha value is -7.28. The van der Waals surface area contributed by atoms with E-state index >= 15 is 0 Å². The zero-order valence-electron chi connectivity index (χ0n) is 28.8. The highest BCUT2D eigenvalue weighted by atomic mass is 16.3. The highest BCUT2D eigenvalue weighted by Crippen LogP contribution is 2.47. The van der Waals surface area contributed by atoms with Crippen molar-refractivity contribution in [1.82, 2.24) is 9.13 Å². The molecule has 0 radical (unpaired) electrons. The van der Waals surface area contributed by atoms with Crippen LogP contribution < -0.4 is 0 Å². The number of para-hydroxylation sites is 4. The van der Waals surface area contributed by atoms with Gasteiger partial charge in [-0.3, -0.25) is 0 Å². The maximum absolute atomic E-state index is 10.9. The molecule has 4 heterocycles. The molecule has 0 saturated carbocycles. The van der Waals surface area contributed by atoms with Crippen LogP contribution in [0.5, 0.6) is 0 Å². The first-order valence-corrected chi connectivity index (χ1v) is 17.8. The third-order valence-corrected chi connectivity index (χ3v) is 10.9. The van der Waals surface area contributed by atoms with E-state index in [-0.39, 0.29) is 5.92 Å². The van der Waals surface area contributed by atoms with Crippen molar-refractivity contribution < 1.29 is 8.83 Å². The Bertz CT molecular complexity index is 3240. The summed E-state index contributed by atoms with van der Waals surface area (Å²) in [5.41, 5.74) is 10.5. The summed E-state index contributed by atoms with van der Waals surface area (Å²) in [5, 5.41) is 30.3. The van der Waals surface area contributed by atoms with Gasteiger partial charge in [-0.1, -0.05) is 86.6 Å². The Kier molecular flexibility index (Phi) is 5.90. The number of benzene rings is 7. The van der Waals surface area contributed by atoms with Crippen LogP contribution in [-0.2, 0) is 0 Å². The molecule has 0 atom stereocenters. The molecular weight excluding hydrogens is 653 g/mol. The van der Waals surface area contributed by atoms with Crippen molar-refractivity contribution in [2.75, 3.05) is 0 Å². The summed E-state index contributed by atoms with van der Waals surface area (Å²) in [5.74, 6) is -0.0789. The van der Waals surface area contributed by atoms with Crippen molar-refractivity contribution in [2.24, 2.45) is 0 Å². The van der Waals surface area contributed by atoms with Gasteiger partial charge in [0.15, 0.2) is 0 Å². The summed E-state index contributed by atoms with van der Waals surface area (Å²) < 4.78 is 17.2. The first-order chi connectivity index (χ1) is 26.1. The minimum absolute atomic E-state index is 0.0789. The van der Waals surface area contributed by atoms with Crippen molar-refractivity contribution in [3.63, 3.8) is 0 Å². The number of furan rings is 2. The standard InChI is InChI=1S/C47H28N4O2/c1-26(2)41-46(50-33-15-7-3-11-29(33)42-35(50)19-21-39-44(42)31-13-5-9-17-37(31)52-39)27(24-48)23-28(25-49)47(41)51-34-16-8-4-12-30(34)43-36(51)20-22-40-45(43)32-14-6-10-18-38(32)53-40/h3-23,26H,1-2H3. The molecule has 0 amide bonds. The molecule has 0 saturated heterocycles. The Morgan fingerprint density at radius 1 is 0.453 bits per heavy atom. The van der Waals surface area contributed by atoms with Crippen molar-refractivity contribution in [3.8, 4) is 23.5 Å². The molecule has 7 aromatic carbocycles. The fourth-order valence-corrected chi connectivity index (χ4v) is 8.91. The first-order valence-electron chi connectivity index (χ1n) is 17.8. The van der Waals surface area contributed by atoms with E-state index in [0.717, 1.165) is 104 Å². The van der Waals surface area contributed by atoms with Gasteiger partial charge in [-0.15, -0.1) is 0 Å². The third-order valence-electron chi connectivity index (χ3n) is 10.9. The molecule has 11 aromatic rings. The van der Waals surface area contributed by atoms with Crippen LogP contribution in [0.4, 0.5) is 0 Å². The predicted octanol–water partition coefficient (Wildman–Crippen LogP) is 12.5. The zero-order chi connectivity index (χ0) is 35.5. The number of hydrogen-bond acceptors (Lipinski definition) is 4. The van der Waals surface area contributed by atoms with Gasteiger partial charge < -0.3 is 18.0 Å². The second-order valence-electron chi connectivity index (χ2n) is 14.0. The van der Waals surface area contributed by atoms with Gasteiger partial charge in [0.05, 0.1) is 44.6 Å². The van der Waals surface area contributed by atoms with Gasteiger partial charge in [-0.2, -0.15) is 10.5 Å². The lowest BCUT2D eigenvalue weighted by atomic mass is 9.91. The van der Waals surface area contributed by atoms with Crippen molar-refractivity contribution in [2.45, 2.75) is 19.8 Å². The van der Waals surface area contributed by atoms with E-state index in [0.29, 0.717) is 11.1 Å². The fourth-order valence-electron chi connectivity index (χ4n) is 8.91. The van der Waals surface area contributed by atoms with Crippen LogP contribution in [0.15, 0.2) is 136 Å². The topological polar surface area (TPSA) is 83.7 Å². The molecule has 0 N–H and O–H groups in total. The van der Waals surface area contributed by atoms with Gasteiger partial charge >= 0.3 is 0 Å². The Morgan fingerprint density at radius 3 is 1.30 bits per heavy atom. The highest BCUT2D eigenvalue weighted by molar-refractivity contribution is 6.29.